The third kappa shape index (κ3) is 2.19. The quantitative estimate of drug-likeness (QED) is 0.572. The molecule has 0 aromatic rings. The van der Waals surface area contributed by atoms with Gasteiger partial charge in [0.05, 0.1) is 12.5 Å². The maximum atomic E-state index is 10.8. The van der Waals surface area contributed by atoms with Crippen LogP contribution in [-0.2, 0) is 9.53 Å². The third-order valence-corrected chi connectivity index (χ3v) is 1.93. The van der Waals surface area contributed by atoms with Crippen LogP contribution in [0.2, 0.25) is 0 Å². The molecule has 2 atom stereocenters. The number of cyclic esters (lactones) is 1. The molecule has 1 aliphatic heterocycles. The van der Waals surface area contributed by atoms with E-state index in [9.17, 15) is 9.90 Å². The normalized spacial score (nSPS) is 32.2. The van der Waals surface area contributed by atoms with Crippen molar-refractivity contribution in [2.24, 2.45) is 5.92 Å². The van der Waals surface area contributed by atoms with Crippen molar-refractivity contribution in [3.8, 4) is 0 Å². The van der Waals surface area contributed by atoms with Crippen LogP contribution < -0.4 is 0 Å². The number of hydrogen-bond acceptors (Lipinski definition) is 3. The second kappa shape index (κ2) is 3.22. The van der Waals surface area contributed by atoms with Crippen molar-refractivity contribution in [3.05, 3.63) is 0 Å². The molecule has 1 aliphatic rings. The van der Waals surface area contributed by atoms with Gasteiger partial charge in [-0.2, -0.15) is 0 Å². The molecule has 0 radical (unpaired) electrons. The Hall–Kier alpha value is -0.570. The van der Waals surface area contributed by atoms with Crippen LogP contribution in [-0.4, -0.2) is 23.3 Å². The zero-order chi connectivity index (χ0) is 8.43. The molecule has 1 fully saturated rings. The fourth-order valence-corrected chi connectivity index (χ4v) is 1.22. The lowest BCUT2D eigenvalue weighted by Crippen LogP contribution is -2.35. The first-order valence-corrected chi connectivity index (χ1v) is 3.97. The van der Waals surface area contributed by atoms with Crippen molar-refractivity contribution in [3.63, 3.8) is 0 Å². The Morgan fingerprint density at radius 3 is 2.73 bits per heavy atom. The van der Waals surface area contributed by atoms with Crippen molar-refractivity contribution in [1.29, 1.82) is 0 Å². The molecule has 3 nitrogen and oxygen atoms in total. The summed E-state index contributed by atoms with van der Waals surface area (Å²) in [6, 6.07) is 0. The average molecular weight is 158 g/mol. The molecule has 64 valence electrons. The summed E-state index contributed by atoms with van der Waals surface area (Å²) in [5, 5.41) is 9.20. The van der Waals surface area contributed by atoms with Crippen molar-refractivity contribution in [2.45, 2.75) is 38.9 Å². The number of esters is 1. The number of aliphatic hydroxyl groups is 1. The molecule has 1 heterocycles. The lowest BCUT2D eigenvalue weighted by atomic mass is 9.97. The summed E-state index contributed by atoms with van der Waals surface area (Å²) in [5.41, 5.74) is 0. The average Bonchev–Trinajstić information content (AvgIpc) is 1.85. The van der Waals surface area contributed by atoms with Crippen molar-refractivity contribution in [2.75, 3.05) is 0 Å². The number of hydrogen-bond donors (Lipinski definition) is 1. The summed E-state index contributed by atoms with van der Waals surface area (Å²) in [5.74, 6) is 0.0244. The Morgan fingerprint density at radius 2 is 2.27 bits per heavy atom. The molecular formula is C8H14O3. The van der Waals surface area contributed by atoms with Crippen molar-refractivity contribution < 1.29 is 14.6 Å². The Balaban J connectivity index is 2.49. The fourth-order valence-electron chi connectivity index (χ4n) is 1.22. The van der Waals surface area contributed by atoms with Gasteiger partial charge in [-0.15, -0.1) is 0 Å². The smallest absolute Gasteiger partial charge is 0.308 e. The topological polar surface area (TPSA) is 46.5 Å². The number of aliphatic hydroxyl groups excluding tert-OH is 1. The molecule has 0 bridgehead atoms. The predicted molar refractivity (Wildman–Crippen MR) is 40.0 cm³/mol. The van der Waals surface area contributed by atoms with Gasteiger partial charge in [0.1, 0.15) is 6.10 Å². The molecule has 1 saturated heterocycles. The van der Waals surface area contributed by atoms with Crippen LogP contribution in [0.5, 0.6) is 0 Å². The van der Waals surface area contributed by atoms with Gasteiger partial charge in [0.2, 0.25) is 0 Å². The second-order valence-corrected chi connectivity index (χ2v) is 3.37. The minimum Gasteiger partial charge on any atom is -0.462 e. The van der Waals surface area contributed by atoms with Gasteiger partial charge in [0.15, 0.2) is 0 Å². The highest BCUT2D eigenvalue weighted by atomic mass is 16.5. The van der Waals surface area contributed by atoms with Crippen LogP contribution in [0.1, 0.15) is 26.7 Å². The highest BCUT2D eigenvalue weighted by molar-refractivity contribution is 5.70. The van der Waals surface area contributed by atoms with Crippen LogP contribution in [0, 0.1) is 5.92 Å². The molecule has 0 aromatic carbocycles. The molecule has 0 aromatic heterocycles. The van der Waals surface area contributed by atoms with Gasteiger partial charge in [0.25, 0.3) is 0 Å². The summed E-state index contributed by atoms with van der Waals surface area (Å²) in [7, 11) is 0. The predicted octanol–water partition coefficient (Wildman–Crippen LogP) is 0.709. The minimum atomic E-state index is -0.497. The van der Waals surface area contributed by atoms with Crippen LogP contribution in [0.25, 0.3) is 0 Å². The van der Waals surface area contributed by atoms with E-state index >= 15 is 0 Å². The number of carbonyl (C=O) groups is 1. The van der Waals surface area contributed by atoms with Gasteiger partial charge in [-0.1, -0.05) is 13.8 Å². The van der Waals surface area contributed by atoms with Crippen LogP contribution in [0.4, 0.5) is 0 Å². The van der Waals surface area contributed by atoms with Crippen LogP contribution in [0.3, 0.4) is 0 Å². The molecule has 0 saturated carbocycles. The molecule has 0 amide bonds. The molecular weight excluding hydrogens is 144 g/mol. The van der Waals surface area contributed by atoms with Crippen LogP contribution in [0.15, 0.2) is 0 Å². The second-order valence-electron chi connectivity index (χ2n) is 3.37. The van der Waals surface area contributed by atoms with Gasteiger partial charge >= 0.3 is 5.97 Å². The first-order chi connectivity index (χ1) is 5.09. The van der Waals surface area contributed by atoms with E-state index in [1.54, 1.807) is 0 Å². The highest BCUT2D eigenvalue weighted by Crippen LogP contribution is 2.20. The van der Waals surface area contributed by atoms with Crippen molar-refractivity contribution in [1.82, 2.24) is 0 Å². The van der Waals surface area contributed by atoms with E-state index in [1.165, 1.54) is 0 Å². The number of rotatable bonds is 1. The fraction of sp³-hybridized carbons (Fsp3) is 0.875. The Labute approximate surface area is 66.4 Å². The Kier molecular flexibility index (Phi) is 2.49. The van der Waals surface area contributed by atoms with E-state index in [2.05, 4.69) is 0 Å². The first-order valence-electron chi connectivity index (χ1n) is 3.97. The van der Waals surface area contributed by atoms with E-state index in [1.807, 2.05) is 13.8 Å². The molecule has 11 heavy (non-hydrogen) atoms. The van der Waals surface area contributed by atoms with Gasteiger partial charge in [-0.05, 0) is 5.92 Å². The molecule has 3 heteroatoms. The molecule has 1 N–H and O–H groups in total. The lowest BCUT2D eigenvalue weighted by molar-refractivity contribution is -0.163. The van der Waals surface area contributed by atoms with E-state index in [4.69, 9.17) is 4.74 Å². The first kappa shape index (κ1) is 8.53. The number of ether oxygens (including phenoxy) is 1. The molecule has 1 rings (SSSR count). The Morgan fingerprint density at radius 1 is 1.64 bits per heavy atom. The van der Waals surface area contributed by atoms with E-state index in [0.29, 0.717) is 12.3 Å². The number of carbonyl (C=O) groups excluding carboxylic acids is 1. The minimum absolute atomic E-state index is 0.0914. The largest absolute Gasteiger partial charge is 0.462 e. The molecule has 0 spiro atoms. The zero-order valence-electron chi connectivity index (χ0n) is 6.91. The SMILES string of the molecule is CC(C)[C@@H]1C[C@@H](O)CC(=O)O1. The van der Waals surface area contributed by atoms with E-state index < -0.39 is 6.10 Å². The van der Waals surface area contributed by atoms with Crippen molar-refractivity contribution >= 4 is 5.97 Å². The maximum absolute atomic E-state index is 10.8. The van der Waals surface area contributed by atoms with Gasteiger partial charge in [-0.3, -0.25) is 4.79 Å². The van der Waals surface area contributed by atoms with Gasteiger partial charge < -0.3 is 9.84 Å². The molecule has 0 unspecified atom stereocenters. The monoisotopic (exact) mass is 158 g/mol. The van der Waals surface area contributed by atoms with E-state index in [-0.39, 0.29) is 18.5 Å². The van der Waals surface area contributed by atoms with Gasteiger partial charge in [-0.25, -0.2) is 0 Å². The maximum Gasteiger partial charge on any atom is 0.308 e. The van der Waals surface area contributed by atoms with Crippen LogP contribution >= 0.6 is 0 Å². The van der Waals surface area contributed by atoms with Gasteiger partial charge in [0, 0.05) is 6.42 Å². The third-order valence-electron chi connectivity index (χ3n) is 1.93. The summed E-state index contributed by atoms with van der Waals surface area (Å²) in [6.45, 7) is 3.96. The summed E-state index contributed by atoms with van der Waals surface area (Å²) < 4.78 is 5.02. The summed E-state index contributed by atoms with van der Waals surface area (Å²) in [6.07, 6.45) is 0.155. The van der Waals surface area contributed by atoms with E-state index in [0.717, 1.165) is 0 Å². The lowest BCUT2D eigenvalue weighted by Gasteiger charge is -2.28. The summed E-state index contributed by atoms with van der Waals surface area (Å²) >= 11 is 0. The zero-order valence-corrected chi connectivity index (χ0v) is 6.91. The summed E-state index contributed by atoms with van der Waals surface area (Å²) in [4.78, 5) is 10.8. The highest BCUT2D eigenvalue weighted by Gasteiger charge is 2.28. The molecule has 0 aliphatic carbocycles. The standard InChI is InChI=1S/C8H14O3/c1-5(2)7-3-6(9)4-8(10)11-7/h5-7,9H,3-4H2,1-2H3/t6-,7+/m1/s1. The Bertz CT molecular complexity index is 153.